The van der Waals surface area contributed by atoms with Crippen molar-refractivity contribution >= 4 is 23.1 Å². The van der Waals surface area contributed by atoms with E-state index >= 15 is 0 Å². The number of ether oxygens (including phenoxy) is 1. The summed E-state index contributed by atoms with van der Waals surface area (Å²) < 4.78 is 5.72. The van der Waals surface area contributed by atoms with Gasteiger partial charge in [-0.05, 0) is 38.5 Å². The topological polar surface area (TPSA) is 58.6 Å². The predicted molar refractivity (Wildman–Crippen MR) is 101 cm³/mol. The van der Waals surface area contributed by atoms with Crippen LogP contribution in [-0.4, -0.2) is 29.0 Å². The number of hydrogen-bond donors (Lipinski definition) is 1. The zero-order valence-corrected chi connectivity index (χ0v) is 15.2. The molecule has 2 aromatic rings. The molecule has 0 fully saturated rings. The number of anilines is 1. The lowest BCUT2D eigenvalue weighted by Crippen LogP contribution is -2.57. The molecule has 0 unspecified atom stereocenters. The van der Waals surface area contributed by atoms with Crippen molar-refractivity contribution in [3.05, 3.63) is 72.0 Å². The molecule has 0 atom stereocenters. The number of benzene rings is 2. The first-order valence-corrected chi connectivity index (χ1v) is 8.49. The third-order valence-corrected chi connectivity index (χ3v) is 4.55. The highest BCUT2D eigenvalue weighted by atomic mass is 16.5. The van der Waals surface area contributed by atoms with Crippen LogP contribution in [0.4, 0.5) is 5.69 Å². The standard InChI is InChI=1S/C21H22N2O3/c1-15-18(16-10-6-4-7-11-16)19(24)23(14-26-15)21(2,3)20(25)22-17-12-8-5-9-13-17/h4-13H,14H2,1-3H3,(H,22,25). The number of para-hydroxylation sites is 1. The first-order valence-electron chi connectivity index (χ1n) is 8.49. The Morgan fingerprint density at radius 1 is 1.04 bits per heavy atom. The van der Waals surface area contributed by atoms with Crippen molar-refractivity contribution < 1.29 is 14.3 Å². The van der Waals surface area contributed by atoms with Crippen molar-refractivity contribution in [3.63, 3.8) is 0 Å². The van der Waals surface area contributed by atoms with Gasteiger partial charge in [-0.2, -0.15) is 0 Å². The fraction of sp³-hybridized carbons (Fsp3) is 0.238. The maximum Gasteiger partial charge on any atom is 0.261 e. The molecule has 0 bridgehead atoms. The highest BCUT2D eigenvalue weighted by Gasteiger charge is 2.42. The Kier molecular flexibility index (Phi) is 4.80. The van der Waals surface area contributed by atoms with E-state index in [4.69, 9.17) is 4.74 Å². The molecule has 1 heterocycles. The number of carbonyl (C=O) groups is 2. The second-order valence-corrected chi connectivity index (χ2v) is 6.68. The van der Waals surface area contributed by atoms with Gasteiger partial charge in [-0.15, -0.1) is 0 Å². The van der Waals surface area contributed by atoms with Crippen molar-refractivity contribution in [2.75, 3.05) is 12.0 Å². The minimum atomic E-state index is -1.08. The number of allylic oxidation sites excluding steroid dienone is 1. The highest BCUT2D eigenvalue weighted by molar-refractivity contribution is 6.21. The molecule has 1 N–H and O–H groups in total. The van der Waals surface area contributed by atoms with Crippen LogP contribution in [-0.2, 0) is 14.3 Å². The zero-order valence-electron chi connectivity index (χ0n) is 15.2. The highest BCUT2D eigenvalue weighted by Crippen LogP contribution is 2.30. The van der Waals surface area contributed by atoms with E-state index in [0.29, 0.717) is 17.0 Å². The number of carbonyl (C=O) groups excluding carboxylic acids is 2. The average Bonchev–Trinajstić information content (AvgIpc) is 2.63. The van der Waals surface area contributed by atoms with E-state index in [0.717, 1.165) is 5.56 Å². The van der Waals surface area contributed by atoms with Crippen molar-refractivity contribution in [1.82, 2.24) is 4.90 Å². The van der Waals surface area contributed by atoms with E-state index in [9.17, 15) is 9.59 Å². The second-order valence-electron chi connectivity index (χ2n) is 6.68. The van der Waals surface area contributed by atoms with E-state index in [1.165, 1.54) is 4.90 Å². The van der Waals surface area contributed by atoms with Crippen LogP contribution in [0.3, 0.4) is 0 Å². The van der Waals surface area contributed by atoms with E-state index in [1.807, 2.05) is 60.7 Å². The Bertz CT molecular complexity index is 842. The first kappa shape index (κ1) is 17.7. The van der Waals surface area contributed by atoms with Gasteiger partial charge in [0.25, 0.3) is 5.91 Å². The molecule has 134 valence electrons. The van der Waals surface area contributed by atoms with Crippen LogP contribution >= 0.6 is 0 Å². The Morgan fingerprint density at radius 3 is 2.23 bits per heavy atom. The molecule has 0 radical (unpaired) electrons. The van der Waals surface area contributed by atoms with Crippen molar-refractivity contribution in [2.45, 2.75) is 26.3 Å². The van der Waals surface area contributed by atoms with Gasteiger partial charge in [-0.3, -0.25) is 14.5 Å². The SMILES string of the molecule is CC1=C(c2ccccc2)C(=O)N(C(C)(C)C(=O)Nc2ccccc2)CO1. The van der Waals surface area contributed by atoms with Crippen LogP contribution in [0.25, 0.3) is 5.57 Å². The summed E-state index contributed by atoms with van der Waals surface area (Å²) >= 11 is 0. The van der Waals surface area contributed by atoms with Crippen LogP contribution in [0, 0.1) is 0 Å². The molecule has 5 nitrogen and oxygen atoms in total. The normalized spacial score (nSPS) is 14.9. The molecule has 0 saturated carbocycles. The summed E-state index contributed by atoms with van der Waals surface area (Å²) in [6.45, 7) is 5.25. The number of rotatable bonds is 4. The first-order chi connectivity index (χ1) is 12.4. The van der Waals surface area contributed by atoms with Gasteiger partial charge in [0.15, 0.2) is 6.73 Å². The maximum atomic E-state index is 13.1. The quantitative estimate of drug-likeness (QED) is 0.916. The van der Waals surface area contributed by atoms with Gasteiger partial charge in [0.2, 0.25) is 5.91 Å². The lowest BCUT2D eigenvalue weighted by atomic mass is 9.96. The monoisotopic (exact) mass is 350 g/mol. The molecule has 0 spiro atoms. The summed E-state index contributed by atoms with van der Waals surface area (Å²) in [6.07, 6.45) is 0. The van der Waals surface area contributed by atoms with E-state index in [1.54, 1.807) is 20.8 Å². The zero-order chi connectivity index (χ0) is 18.7. The van der Waals surface area contributed by atoms with Crippen molar-refractivity contribution in [3.8, 4) is 0 Å². The summed E-state index contributed by atoms with van der Waals surface area (Å²) in [5.74, 6) is 0.0810. The molecular weight excluding hydrogens is 328 g/mol. The van der Waals surface area contributed by atoms with Gasteiger partial charge in [0.1, 0.15) is 11.3 Å². The summed E-state index contributed by atoms with van der Waals surface area (Å²) in [5, 5.41) is 2.86. The fourth-order valence-corrected chi connectivity index (χ4v) is 2.85. The number of hydrogen-bond acceptors (Lipinski definition) is 3. The number of nitrogens with zero attached hydrogens (tertiary/aromatic N) is 1. The van der Waals surface area contributed by atoms with E-state index < -0.39 is 5.54 Å². The molecule has 26 heavy (non-hydrogen) atoms. The molecule has 3 rings (SSSR count). The summed E-state index contributed by atoms with van der Waals surface area (Å²) in [6, 6.07) is 18.5. The van der Waals surface area contributed by atoms with Gasteiger partial charge >= 0.3 is 0 Å². The maximum absolute atomic E-state index is 13.1. The predicted octanol–water partition coefficient (Wildman–Crippen LogP) is 3.65. The van der Waals surface area contributed by atoms with E-state index in [2.05, 4.69) is 5.32 Å². The Morgan fingerprint density at radius 2 is 1.62 bits per heavy atom. The largest absolute Gasteiger partial charge is 0.477 e. The van der Waals surface area contributed by atoms with Crippen molar-refractivity contribution in [2.24, 2.45) is 0 Å². The number of amides is 2. The third-order valence-electron chi connectivity index (χ3n) is 4.55. The van der Waals surface area contributed by atoms with Gasteiger partial charge in [-0.25, -0.2) is 0 Å². The molecule has 2 aromatic carbocycles. The second kappa shape index (κ2) is 7.04. The van der Waals surface area contributed by atoms with Crippen LogP contribution in [0.15, 0.2) is 66.4 Å². The summed E-state index contributed by atoms with van der Waals surface area (Å²) in [7, 11) is 0. The van der Waals surface area contributed by atoms with Crippen LogP contribution in [0.2, 0.25) is 0 Å². The Hall–Kier alpha value is -3.08. The minimum absolute atomic E-state index is 0.0379. The van der Waals surface area contributed by atoms with E-state index in [-0.39, 0.29) is 18.5 Å². The summed E-state index contributed by atoms with van der Waals surface area (Å²) in [4.78, 5) is 27.4. The molecule has 0 aliphatic carbocycles. The Balaban J connectivity index is 1.86. The minimum Gasteiger partial charge on any atom is -0.477 e. The van der Waals surface area contributed by atoms with Crippen LogP contribution in [0.1, 0.15) is 26.3 Å². The molecule has 1 aliphatic heterocycles. The third kappa shape index (κ3) is 3.33. The van der Waals surface area contributed by atoms with Gasteiger partial charge in [0.05, 0.1) is 5.57 Å². The average molecular weight is 350 g/mol. The van der Waals surface area contributed by atoms with Gasteiger partial charge < -0.3 is 10.1 Å². The number of nitrogens with one attached hydrogen (secondary N) is 1. The van der Waals surface area contributed by atoms with Crippen LogP contribution < -0.4 is 5.32 Å². The smallest absolute Gasteiger partial charge is 0.261 e. The Labute approximate surface area is 153 Å². The lowest BCUT2D eigenvalue weighted by Gasteiger charge is -2.40. The van der Waals surface area contributed by atoms with Gasteiger partial charge in [-0.1, -0.05) is 48.5 Å². The molecule has 1 aliphatic rings. The molecule has 5 heteroatoms. The molecule has 0 saturated heterocycles. The van der Waals surface area contributed by atoms with Crippen molar-refractivity contribution in [1.29, 1.82) is 0 Å². The molecule has 2 amide bonds. The van der Waals surface area contributed by atoms with Crippen LogP contribution in [0.5, 0.6) is 0 Å². The summed E-state index contributed by atoms with van der Waals surface area (Å²) in [5.41, 5.74) is 0.871. The lowest BCUT2D eigenvalue weighted by molar-refractivity contribution is -0.147. The fourth-order valence-electron chi connectivity index (χ4n) is 2.85. The van der Waals surface area contributed by atoms with Gasteiger partial charge in [0, 0.05) is 5.69 Å². The molecule has 0 aromatic heterocycles. The molecular formula is C21H22N2O3.